The average molecular weight is 441 g/mol. The summed E-state index contributed by atoms with van der Waals surface area (Å²) in [4.78, 5) is 27.1. The number of anilines is 1. The van der Waals surface area contributed by atoms with Crippen LogP contribution in [0.15, 0.2) is 30.3 Å². The normalized spacial score (nSPS) is 11.4. The third-order valence-corrected chi connectivity index (χ3v) is 5.59. The molecule has 32 heavy (non-hydrogen) atoms. The van der Waals surface area contributed by atoms with Gasteiger partial charge in [-0.25, -0.2) is 4.68 Å². The molecule has 1 aromatic heterocycles. The molecule has 0 aliphatic heterocycles. The minimum Gasteiger partial charge on any atom is -0.334 e. The Kier molecular flexibility index (Phi) is 9.48. The molecule has 0 aliphatic rings. The van der Waals surface area contributed by atoms with Crippen LogP contribution >= 0.6 is 0 Å². The summed E-state index contributed by atoms with van der Waals surface area (Å²) in [7, 11) is 0. The minimum atomic E-state index is -0.208. The zero-order chi connectivity index (χ0) is 23.7. The second kappa shape index (κ2) is 11.8. The number of likely N-dealkylation sites (N-methyl/N-ethyl adjacent to an activating group) is 1. The van der Waals surface area contributed by atoms with Gasteiger partial charge in [-0.1, -0.05) is 71.1 Å². The Bertz CT molecular complexity index is 878. The molecule has 2 amide bonds. The van der Waals surface area contributed by atoms with Crippen molar-refractivity contribution >= 4 is 17.6 Å². The molecule has 0 atom stereocenters. The molecule has 176 valence electrons. The third kappa shape index (κ3) is 7.50. The molecule has 1 aromatic carbocycles. The first-order valence-corrected chi connectivity index (χ1v) is 11.9. The predicted molar refractivity (Wildman–Crippen MR) is 131 cm³/mol. The van der Waals surface area contributed by atoms with Gasteiger partial charge in [0.25, 0.3) is 0 Å². The Morgan fingerprint density at radius 1 is 1.03 bits per heavy atom. The zero-order valence-electron chi connectivity index (χ0n) is 20.7. The number of carbonyl (C=O) groups excluding carboxylic acids is 2. The highest BCUT2D eigenvalue weighted by molar-refractivity contribution is 5.94. The summed E-state index contributed by atoms with van der Waals surface area (Å²) in [5, 5.41) is 7.74. The van der Waals surface area contributed by atoms with E-state index in [9.17, 15) is 9.59 Å². The number of hydrogen-bond donors (Lipinski definition) is 1. The first kappa shape index (κ1) is 25.6. The zero-order valence-corrected chi connectivity index (χ0v) is 20.7. The molecule has 0 radical (unpaired) electrons. The van der Waals surface area contributed by atoms with Crippen LogP contribution in [-0.4, -0.2) is 39.6 Å². The van der Waals surface area contributed by atoms with E-state index in [1.807, 2.05) is 44.2 Å². The van der Waals surface area contributed by atoms with Crippen LogP contribution in [0.3, 0.4) is 0 Å². The standard InChI is InChI=1S/C26H40N4O2/c1-7-9-10-11-12-13-25(32)29(8-2)19-24(31)27-23-18-22(26(4,5)6)28-30(23)21-16-14-20(3)15-17-21/h14-18H,7-13,19H2,1-6H3,(H,27,31). The van der Waals surface area contributed by atoms with Gasteiger partial charge in [0, 0.05) is 24.4 Å². The molecule has 0 fully saturated rings. The van der Waals surface area contributed by atoms with E-state index >= 15 is 0 Å². The summed E-state index contributed by atoms with van der Waals surface area (Å²) in [5.41, 5.74) is 2.79. The van der Waals surface area contributed by atoms with Crippen molar-refractivity contribution in [1.29, 1.82) is 0 Å². The van der Waals surface area contributed by atoms with Crippen molar-refractivity contribution in [3.8, 4) is 5.69 Å². The molecular formula is C26H40N4O2. The number of rotatable bonds is 11. The quantitative estimate of drug-likeness (QED) is 0.461. The van der Waals surface area contributed by atoms with Crippen LogP contribution in [0.5, 0.6) is 0 Å². The molecule has 2 aromatic rings. The molecule has 0 bridgehead atoms. The molecule has 0 spiro atoms. The Balaban J connectivity index is 2.09. The number of unbranched alkanes of at least 4 members (excludes halogenated alkanes) is 4. The molecule has 0 aliphatic carbocycles. The second-order valence-electron chi connectivity index (χ2n) is 9.53. The topological polar surface area (TPSA) is 67.2 Å². The van der Waals surface area contributed by atoms with Gasteiger partial charge in [0.15, 0.2) is 0 Å². The monoisotopic (exact) mass is 440 g/mol. The van der Waals surface area contributed by atoms with Crippen LogP contribution in [0, 0.1) is 6.92 Å². The van der Waals surface area contributed by atoms with Crippen molar-refractivity contribution in [2.45, 2.75) is 85.5 Å². The lowest BCUT2D eigenvalue weighted by atomic mass is 9.92. The Morgan fingerprint density at radius 3 is 2.28 bits per heavy atom. The number of amides is 2. The van der Waals surface area contributed by atoms with Gasteiger partial charge >= 0.3 is 0 Å². The Hall–Kier alpha value is -2.63. The van der Waals surface area contributed by atoms with Crippen LogP contribution < -0.4 is 5.32 Å². The van der Waals surface area contributed by atoms with Crippen LogP contribution in [0.2, 0.25) is 0 Å². The predicted octanol–water partition coefficient (Wildman–Crippen LogP) is 5.63. The highest BCUT2D eigenvalue weighted by Gasteiger charge is 2.22. The lowest BCUT2D eigenvalue weighted by Crippen LogP contribution is -2.38. The summed E-state index contributed by atoms with van der Waals surface area (Å²) in [6, 6.07) is 9.95. The molecule has 6 nitrogen and oxygen atoms in total. The molecule has 0 saturated carbocycles. The van der Waals surface area contributed by atoms with Crippen LogP contribution in [0.1, 0.15) is 84.4 Å². The SMILES string of the molecule is CCCCCCCC(=O)N(CC)CC(=O)Nc1cc(C(C)(C)C)nn1-c1ccc(C)cc1. The van der Waals surface area contributed by atoms with Crippen LogP contribution in [0.4, 0.5) is 5.82 Å². The maximum absolute atomic E-state index is 12.9. The number of carbonyl (C=O) groups is 2. The summed E-state index contributed by atoms with van der Waals surface area (Å²) in [6.07, 6.45) is 6.00. The number of nitrogens with one attached hydrogen (secondary N) is 1. The van der Waals surface area contributed by atoms with E-state index in [0.717, 1.165) is 36.2 Å². The smallest absolute Gasteiger partial charge is 0.245 e. The summed E-state index contributed by atoms with van der Waals surface area (Å²) < 4.78 is 1.77. The van der Waals surface area contributed by atoms with E-state index in [2.05, 4.69) is 33.0 Å². The van der Waals surface area contributed by atoms with Gasteiger partial charge < -0.3 is 10.2 Å². The van der Waals surface area contributed by atoms with Crippen molar-refractivity contribution < 1.29 is 9.59 Å². The van der Waals surface area contributed by atoms with Gasteiger partial charge in [-0.3, -0.25) is 9.59 Å². The van der Waals surface area contributed by atoms with Crippen LogP contribution in [-0.2, 0) is 15.0 Å². The number of aromatic nitrogens is 2. The summed E-state index contributed by atoms with van der Waals surface area (Å²) in [6.45, 7) is 13.0. The van der Waals surface area contributed by atoms with Gasteiger partial charge in [-0.05, 0) is 32.4 Å². The Labute approximate surface area is 193 Å². The average Bonchev–Trinajstić information content (AvgIpc) is 3.16. The first-order chi connectivity index (χ1) is 15.2. The van der Waals surface area contributed by atoms with E-state index in [4.69, 9.17) is 5.10 Å². The van der Waals surface area contributed by atoms with Gasteiger partial charge in [0.2, 0.25) is 11.8 Å². The highest BCUT2D eigenvalue weighted by Crippen LogP contribution is 2.26. The van der Waals surface area contributed by atoms with E-state index < -0.39 is 0 Å². The van der Waals surface area contributed by atoms with Gasteiger partial charge in [0.1, 0.15) is 5.82 Å². The molecule has 1 heterocycles. The lowest BCUT2D eigenvalue weighted by Gasteiger charge is -2.20. The number of nitrogens with zero attached hydrogens (tertiary/aromatic N) is 3. The highest BCUT2D eigenvalue weighted by atomic mass is 16.2. The van der Waals surface area contributed by atoms with E-state index in [1.165, 1.54) is 12.8 Å². The summed E-state index contributed by atoms with van der Waals surface area (Å²) >= 11 is 0. The van der Waals surface area contributed by atoms with Crippen molar-refractivity contribution in [2.24, 2.45) is 0 Å². The van der Waals surface area contributed by atoms with E-state index in [-0.39, 0.29) is 23.8 Å². The van der Waals surface area contributed by atoms with Crippen molar-refractivity contribution in [3.63, 3.8) is 0 Å². The van der Waals surface area contributed by atoms with Crippen LogP contribution in [0.25, 0.3) is 5.69 Å². The minimum absolute atomic E-state index is 0.0431. The largest absolute Gasteiger partial charge is 0.334 e. The fourth-order valence-corrected chi connectivity index (χ4v) is 3.49. The van der Waals surface area contributed by atoms with E-state index in [1.54, 1.807) is 9.58 Å². The molecule has 0 unspecified atom stereocenters. The second-order valence-corrected chi connectivity index (χ2v) is 9.53. The maximum atomic E-state index is 12.9. The third-order valence-electron chi connectivity index (χ3n) is 5.59. The number of hydrogen-bond acceptors (Lipinski definition) is 3. The molecular weight excluding hydrogens is 400 g/mol. The maximum Gasteiger partial charge on any atom is 0.245 e. The lowest BCUT2D eigenvalue weighted by molar-refractivity contribution is -0.134. The molecule has 6 heteroatoms. The molecule has 2 rings (SSSR count). The van der Waals surface area contributed by atoms with Crippen molar-refractivity contribution in [2.75, 3.05) is 18.4 Å². The van der Waals surface area contributed by atoms with Crippen molar-refractivity contribution in [1.82, 2.24) is 14.7 Å². The Morgan fingerprint density at radius 2 is 1.69 bits per heavy atom. The summed E-state index contributed by atoms with van der Waals surface area (Å²) in [5.74, 6) is 0.452. The number of benzene rings is 1. The fraction of sp³-hybridized carbons (Fsp3) is 0.577. The molecule has 1 N–H and O–H groups in total. The first-order valence-electron chi connectivity index (χ1n) is 11.9. The molecule has 0 saturated heterocycles. The van der Waals surface area contributed by atoms with Crippen molar-refractivity contribution in [3.05, 3.63) is 41.6 Å². The van der Waals surface area contributed by atoms with Gasteiger partial charge in [0.05, 0.1) is 17.9 Å². The van der Waals surface area contributed by atoms with Gasteiger partial charge in [-0.15, -0.1) is 0 Å². The van der Waals surface area contributed by atoms with E-state index in [0.29, 0.717) is 18.8 Å². The fourth-order valence-electron chi connectivity index (χ4n) is 3.49. The van der Waals surface area contributed by atoms with Gasteiger partial charge in [-0.2, -0.15) is 5.10 Å². The number of aryl methyl sites for hydroxylation is 1.